The second-order valence-electron chi connectivity index (χ2n) is 5.64. The Bertz CT molecular complexity index is 925. The molecule has 0 aromatic heterocycles. The Balaban J connectivity index is 1.76. The van der Waals surface area contributed by atoms with Crippen LogP contribution in [0.15, 0.2) is 89.8 Å². The lowest BCUT2D eigenvalue weighted by molar-refractivity contribution is 0.461. The van der Waals surface area contributed by atoms with Crippen LogP contribution >= 0.6 is 0 Å². The normalized spacial score (nSPS) is 11.4. The third-order valence-electron chi connectivity index (χ3n) is 3.73. The van der Waals surface area contributed by atoms with Crippen LogP contribution in [0.3, 0.4) is 0 Å². The van der Waals surface area contributed by atoms with Crippen molar-refractivity contribution in [3.8, 4) is 11.5 Å². The van der Waals surface area contributed by atoms with Crippen molar-refractivity contribution in [2.45, 2.75) is 11.4 Å². The minimum Gasteiger partial charge on any atom is -0.457 e. The molecule has 0 amide bonds. The fourth-order valence-corrected chi connectivity index (χ4v) is 3.63. The number of sulfonamides is 1. The number of benzene rings is 3. The zero-order valence-corrected chi connectivity index (χ0v) is 14.7. The molecule has 128 valence electrons. The maximum absolute atomic E-state index is 12.6. The van der Waals surface area contributed by atoms with Gasteiger partial charge < -0.3 is 4.74 Å². The third-order valence-corrected chi connectivity index (χ3v) is 5.55. The molecule has 0 N–H and O–H groups in total. The number of rotatable bonds is 6. The smallest absolute Gasteiger partial charge is 0.243 e. The molecule has 5 heteroatoms. The van der Waals surface area contributed by atoms with Gasteiger partial charge in [-0.15, -0.1) is 0 Å². The fourth-order valence-electron chi connectivity index (χ4n) is 2.45. The van der Waals surface area contributed by atoms with Crippen molar-refractivity contribution in [3.05, 3.63) is 90.5 Å². The topological polar surface area (TPSA) is 46.6 Å². The van der Waals surface area contributed by atoms with Gasteiger partial charge in [0.15, 0.2) is 0 Å². The van der Waals surface area contributed by atoms with E-state index >= 15 is 0 Å². The Hall–Kier alpha value is -2.63. The maximum Gasteiger partial charge on any atom is 0.243 e. The van der Waals surface area contributed by atoms with E-state index in [1.807, 2.05) is 54.6 Å². The standard InChI is InChI=1S/C20H19NO3S/c1-21(25(22,23)20-13-6-3-7-14-20)16-17-9-8-12-19(15-17)24-18-10-4-2-5-11-18/h2-15H,16H2,1H3. The molecule has 0 unspecified atom stereocenters. The molecule has 0 radical (unpaired) electrons. The first-order chi connectivity index (χ1) is 12.1. The molecule has 0 aliphatic heterocycles. The lowest BCUT2D eigenvalue weighted by Crippen LogP contribution is -2.26. The average Bonchev–Trinajstić information content (AvgIpc) is 2.63. The number of nitrogens with zero attached hydrogens (tertiary/aromatic N) is 1. The van der Waals surface area contributed by atoms with E-state index in [0.29, 0.717) is 5.75 Å². The van der Waals surface area contributed by atoms with Gasteiger partial charge in [0.25, 0.3) is 0 Å². The van der Waals surface area contributed by atoms with Crippen LogP contribution < -0.4 is 4.74 Å². The van der Waals surface area contributed by atoms with Crippen LogP contribution in [0.2, 0.25) is 0 Å². The van der Waals surface area contributed by atoms with E-state index in [0.717, 1.165) is 11.3 Å². The molecular formula is C20H19NO3S. The molecule has 3 rings (SSSR count). The minimum atomic E-state index is -3.52. The highest BCUT2D eigenvalue weighted by atomic mass is 32.2. The van der Waals surface area contributed by atoms with E-state index in [1.165, 1.54) is 4.31 Å². The maximum atomic E-state index is 12.6. The van der Waals surface area contributed by atoms with E-state index in [1.54, 1.807) is 37.4 Å². The molecule has 0 atom stereocenters. The first-order valence-electron chi connectivity index (χ1n) is 7.89. The Morgan fingerprint density at radius 2 is 1.40 bits per heavy atom. The van der Waals surface area contributed by atoms with Crippen molar-refractivity contribution in [2.75, 3.05) is 7.05 Å². The number of hydrogen-bond acceptors (Lipinski definition) is 3. The van der Waals surface area contributed by atoms with Crippen LogP contribution in [-0.2, 0) is 16.6 Å². The minimum absolute atomic E-state index is 0.267. The molecule has 0 fully saturated rings. The Labute approximate surface area is 148 Å². The largest absolute Gasteiger partial charge is 0.457 e. The molecule has 3 aromatic carbocycles. The van der Waals surface area contributed by atoms with Crippen LogP contribution in [-0.4, -0.2) is 19.8 Å². The molecule has 0 saturated carbocycles. The molecule has 0 spiro atoms. The average molecular weight is 353 g/mol. The van der Waals surface area contributed by atoms with Crippen molar-refractivity contribution in [3.63, 3.8) is 0 Å². The second kappa shape index (κ2) is 7.51. The molecule has 0 saturated heterocycles. The lowest BCUT2D eigenvalue weighted by Gasteiger charge is -2.17. The lowest BCUT2D eigenvalue weighted by atomic mass is 10.2. The molecule has 25 heavy (non-hydrogen) atoms. The van der Waals surface area contributed by atoms with Crippen molar-refractivity contribution in [1.82, 2.24) is 4.31 Å². The van der Waals surface area contributed by atoms with Crippen LogP contribution in [0.1, 0.15) is 5.56 Å². The molecular weight excluding hydrogens is 334 g/mol. The summed E-state index contributed by atoms with van der Waals surface area (Å²) in [5.74, 6) is 1.42. The second-order valence-corrected chi connectivity index (χ2v) is 7.68. The molecule has 3 aromatic rings. The summed E-state index contributed by atoms with van der Waals surface area (Å²) in [4.78, 5) is 0.286. The van der Waals surface area contributed by atoms with Gasteiger partial charge in [0.05, 0.1) is 4.90 Å². The summed E-state index contributed by atoms with van der Waals surface area (Å²) in [5.41, 5.74) is 0.857. The Morgan fingerprint density at radius 1 is 0.800 bits per heavy atom. The van der Waals surface area contributed by atoms with Crippen molar-refractivity contribution in [2.24, 2.45) is 0 Å². The first-order valence-corrected chi connectivity index (χ1v) is 9.33. The summed E-state index contributed by atoms with van der Waals surface area (Å²) < 4.78 is 32.4. The SMILES string of the molecule is CN(Cc1cccc(Oc2ccccc2)c1)S(=O)(=O)c1ccccc1. The van der Waals surface area contributed by atoms with E-state index in [9.17, 15) is 8.42 Å². The van der Waals surface area contributed by atoms with Crippen LogP contribution in [0.4, 0.5) is 0 Å². The quantitative estimate of drug-likeness (QED) is 0.664. The zero-order chi connectivity index (χ0) is 17.7. The number of hydrogen-bond donors (Lipinski definition) is 0. The predicted octanol–water partition coefficient (Wildman–Crippen LogP) is 4.30. The monoisotopic (exact) mass is 353 g/mol. The summed E-state index contributed by atoms with van der Waals surface area (Å²) in [5, 5.41) is 0. The zero-order valence-electron chi connectivity index (χ0n) is 13.9. The van der Waals surface area contributed by atoms with Gasteiger partial charge in [0.1, 0.15) is 11.5 Å². The van der Waals surface area contributed by atoms with Gasteiger partial charge in [0, 0.05) is 13.6 Å². The molecule has 0 heterocycles. The fraction of sp³-hybridized carbons (Fsp3) is 0.100. The van der Waals surface area contributed by atoms with Gasteiger partial charge in [0.2, 0.25) is 10.0 Å². The number of ether oxygens (including phenoxy) is 1. The van der Waals surface area contributed by atoms with Gasteiger partial charge in [-0.05, 0) is 42.0 Å². The molecule has 0 aliphatic rings. The van der Waals surface area contributed by atoms with Crippen molar-refractivity contribution < 1.29 is 13.2 Å². The van der Waals surface area contributed by atoms with Crippen LogP contribution in [0.5, 0.6) is 11.5 Å². The van der Waals surface area contributed by atoms with E-state index in [-0.39, 0.29) is 11.4 Å². The number of para-hydroxylation sites is 1. The van der Waals surface area contributed by atoms with Crippen LogP contribution in [0.25, 0.3) is 0 Å². The van der Waals surface area contributed by atoms with E-state index in [2.05, 4.69) is 0 Å². The van der Waals surface area contributed by atoms with Gasteiger partial charge >= 0.3 is 0 Å². The van der Waals surface area contributed by atoms with Crippen molar-refractivity contribution >= 4 is 10.0 Å². The first kappa shape index (κ1) is 17.2. The molecule has 0 aliphatic carbocycles. The summed E-state index contributed by atoms with van der Waals surface area (Å²) in [6, 6.07) is 25.3. The Kier molecular flexibility index (Phi) is 5.16. The molecule has 4 nitrogen and oxygen atoms in total. The highest BCUT2D eigenvalue weighted by Crippen LogP contribution is 2.23. The summed E-state index contributed by atoms with van der Waals surface area (Å²) >= 11 is 0. The third kappa shape index (κ3) is 4.26. The highest BCUT2D eigenvalue weighted by molar-refractivity contribution is 7.89. The predicted molar refractivity (Wildman–Crippen MR) is 98.1 cm³/mol. The summed E-state index contributed by atoms with van der Waals surface area (Å²) in [6.07, 6.45) is 0. The van der Waals surface area contributed by atoms with Crippen LogP contribution in [0, 0.1) is 0 Å². The van der Waals surface area contributed by atoms with E-state index in [4.69, 9.17) is 4.74 Å². The van der Waals surface area contributed by atoms with Gasteiger partial charge in [-0.2, -0.15) is 4.31 Å². The van der Waals surface area contributed by atoms with Gasteiger partial charge in [-0.3, -0.25) is 0 Å². The summed E-state index contributed by atoms with van der Waals surface area (Å²) in [7, 11) is -1.94. The van der Waals surface area contributed by atoms with E-state index < -0.39 is 10.0 Å². The van der Waals surface area contributed by atoms with Gasteiger partial charge in [-0.1, -0.05) is 48.5 Å². The Morgan fingerprint density at radius 3 is 2.08 bits per heavy atom. The highest BCUT2D eigenvalue weighted by Gasteiger charge is 2.20. The molecule has 0 bridgehead atoms. The van der Waals surface area contributed by atoms with Gasteiger partial charge in [-0.25, -0.2) is 8.42 Å². The van der Waals surface area contributed by atoms with Crippen molar-refractivity contribution in [1.29, 1.82) is 0 Å². The summed E-state index contributed by atoms with van der Waals surface area (Å²) in [6.45, 7) is 0.267.